The highest BCUT2D eigenvalue weighted by molar-refractivity contribution is 6.00. The van der Waals surface area contributed by atoms with Crippen LogP contribution in [-0.4, -0.2) is 30.1 Å². The summed E-state index contributed by atoms with van der Waals surface area (Å²) >= 11 is 0. The highest BCUT2D eigenvalue weighted by atomic mass is 16.6. The lowest BCUT2D eigenvalue weighted by molar-refractivity contribution is -0.156. The number of aromatic nitrogens is 1. The lowest BCUT2D eigenvalue weighted by Gasteiger charge is -2.13. The Kier molecular flexibility index (Phi) is 5.13. The largest absolute Gasteiger partial charge is 0.465 e. The Morgan fingerprint density at radius 1 is 1.24 bits per heavy atom. The fraction of sp³-hybridized carbons (Fsp3) is 0.417. The summed E-state index contributed by atoms with van der Waals surface area (Å²) in [4.78, 5) is 27.3. The third-order valence-corrected chi connectivity index (χ3v) is 2.06. The number of carbonyl (C=O) groups excluding carboxylic acids is 2. The first-order valence-electron chi connectivity index (χ1n) is 5.43. The molecule has 0 aliphatic rings. The summed E-state index contributed by atoms with van der Waals surface area (Å²) in [7, 11) is 0. The van der Waals surface area contributed by atoms with Crippen molar-refractivity contribution in [2.75, 3.05) is 13.2 Å². The van der Waals surface area contributed by atoms with Crippen molar-refractivity contribution in [2.24, 2.45) is 0 Å². The molecule has 0 amide bonds. The van der Waals surface area contributed by atoms with E-state index < -0.39 is 17.9 Å². The van der Waals surface area contributed by atoms with Crippen molar-refractivity contribution in [1.29, 1.82) is 0 Å². The third kappa shape index (κ3) is 3.55. The number of ether oxygens (including phenoxy) is 2. The molecule has 1 heterocycles. The number of pyridine rings is 1. The van der Waals surface area contributed by atoms with Crippen LogP contribution < -0.4 is 0 Å². The molecule has 92 valence electrons. The monoisotopic (exact) mass is 237 g/mol. The molecule has 5 heteroatoms. The van der Waals surface area contributed by atoms with E-state index in [1.54, 1.807) is 32.2 Å². The Morgan fingerprint density at radius 3 is 2.24 bits per heavy atom. The molecule has 1 rings (SSSR count). The quantitative estimate of drug-likeness (QED) is 0.570. The molecule has 0 radical (unpaired) electrons. The van der Waals surface area contributed by atoms with Crippen molar-refractivity contribution in [3.05, 3.63) is 30.1 Å². The van der Waals surface area contributed by atoms with Crippen molar-refractivity contribution in [2.45, 2.75) is 19.8 Å². The minimum absolute atomic E-state index is 0.217. The van der Waals surface area contributed by atoms with Crippen LogP contribution in [0.2, 0.25) is 0 Å². The predicted molar refractivity (Wildman–Crippen MR) is 60.2 cm³/mol. The summed E-state index contributed by atoms with van der Waals surface area (Å²) < 4.78 is 9.72. The summed E-state index contributed by atoms with van der Waals surface area (Å²) in [5.74, 6) is -2.28. The van der Waals surface area contributed by atoms with Crippen LogP contribution in [0.4, 0.5) is 0 Å². The number of hydrogen-bond acceptors (Lipinski definition) is 5. The number of nitrogens with zero attached hydrogens (tertiary/aromatic N) is 1. The fourth-order valence-corrected chi connectivity index (χ4v) is 1.37. The van der Waals surface area contributed by atoms with Gasteiger partial charge in [0, 0.05) is 12.4 Å². The molecule has 0 spiro atoms. The van der Waals surface area contributed by atoms with E-state index in [9.17, 15) is 9.59 Å². The fourth-order valence-electron chi connectivity index (χ4n) is 1.37. The zero-order valence-corrected chi connectivity index (χ0v) is 9.88. The molecule has 5 nitrogen and oxygen atoms in total. The number of hydrogen-bond donors (Lipinski definition) is 0. The van der Waals surface area contributed by atoms with Gasteiger partial charge < -0.3 is 9.47 Å². The highest BCUT2D eigenvalue weighted by Crippen LogP contribution is 2.18. The van der Waals surface area contributed by atoms with Gasteiger partial charge in [0.05, 0.1) is 13.2 Å². The van der Waals surface area contributed by atoms with E-state index in [0.717, 1.165) is 0 Å². The molecular formula is C12H15NO4. The molecule has 1 aromatic rings. The zero-order valence-electron chi connectivity index (χ0n) is 9.88. The van der Waals surface area contributed by atoms with Crippen LogP contribution in [0.1, 0.15) is 25.3 Å². The van der Waals surface area contributed by atoms with Gasteiger partial charge in [-0.1, -0.05) is 6.07 Å². The van der Waals surface area contributed by atoms with Gasteiger partial charge in [0.2, 0.25) is 0 Å². The van der Waals surface area contributed by atoms with E-state index in [2.05, 4.69) is 4.98 Å². The SMILES string of the molecule is CCOC(=O)C(C(=O)OCC)c1cccnc1. The van der Waals surface area contributed by atoms with Crippen LogP contribution in [0, 0.1) is 0 Å². The van der Waals surface area contributed by atoms with Gasteiger partial charge in [0.25, 0.3) is 0 Å². The molecule has 0 N–H and O–H groups in total. The highest BCUT2D eigenvalue weighted by Gasteiger charge is 2.31. The molecule has 0 saturated carbocycles. The Labute approximate surface area is 99.8 Å². The molecule has 0 bridgehead atoms. The van der Waals surface area contributed by atoms with Crippen LogP contribution in [0.3, 0.4) is 0 Å². The minimum atomic E-state index is -1.05. The van der Waals surface area contributed by atoms with Gasteiger partial charge >= 0.3 is 11.9 Å². The van der Waals surface area contributed by atoms with Crippen LogP contribution in [0.25, 0.3) is 0 Å². The molecule has 0 unspecified atom stereocenters. The van der Waals surface area contributed by atoms with E-state index in [1.807, 2.05) is 0 Å². The second-order valence-electron chi connectivity index (χ2n) is 3.22. The minimum Gasteiger partial charge on any atom is -0.465 e. The van der Waals surface area contributed by atoms with Crippen molar-refractivity contribution in [1.82, 2.24) is 4.98 Å². The van der Waals surface area contributed by atoms with Gasteiger partial charge in [-0.15, -0.1) is 0 Å². The Bertz CT molecular complexity index is 359. The van der Waals surface area contributed by atoms with Crippen molar-refractivity contribution in [3.63, 3.8) is 0 Å². The van der Waals surface area contributed by atoms with Crippen LogP contribution in [0.5, 0.6) is 0 Å². The van der Waals surface area contributed by atoms with Crippen molar-refractivity contribution >= 4 is 11.9 Å². The molecule has 1 aromatic heterocycles. The van der Waals surface area contributed by atoms with E-state index >= 15 is 0 Å². The lowest BCUT2D eigenvalue weighted by atomic mass is 10.0. The average Bonchev–Trinajstić information content (AvgIpc) is 2.31. The van der Waals surface area contributed by atoms with Crippen LogP contribution >= 0.6 is 0 Å². The first-order valence-corrected chi connectivity index (χ1v) is 5.43. The maximum atomic E-state index is 11.7. The summed E-state index contributed by atoms with van der Waals surface area (Å²) in [6.45, 7) is 3.80. The summed E-state index contributed by atoms with van der Waals surface area (Å²) in [6, 6.07) is 3.30. The summed E-state index contributed by atoms with van der Waals surface area (Å²) in [6.07, 6.45) is 3.02. The van der Waals surface area contributed by atoms with Gasteiger partial charge in [-0.25, -0.2) is 0 Å². The maximum Gasteiger partial charge on any atom is 0.324 e. The summed E-state index contributed by atoms with van der Waals surface area (Å²) in [5.41, 5.74) is 0.476. The van der Waals surface area contributed by atoms with Crippen molar-refractivity contribution < 1.29 is 19.1 Å². The molecule has 0 aliphatic carbocycles. The van der Waals surface area contributed by atoms with Gasteiger partial charge in [0.1, 0.15) is 0 Å². The topological polar surface area (TPSA) is 65.5 Å². The molecule has 17 heavy (non-hydrogen) atoms. The van der Waals surface area contributed by atoms with E-state index in [1.165, 1.54) is 6.20 Å². The maximum absolute atomic E-state index is 11.7. The van der Waals surface area contributed by atoms with Crippen LogP contribution in [-0.2, 0) is 19.1 Å². The van der Waals surface area contributed by atoms with Crippen LogP contribution in [0.15, 0.2) is 24.5 Å². The normalized spacial score (nSPS) is 10.1. The second-order valence-corrected chi connectivity index (χ2v) is 3.22. The molecule has 0 aromatic carbocycles. The van der Waals surface area contributed by atoms with E-state index in [0.29, 0.717) is 5.56 Å². The predicted octanol–water partition coefficient (Wildman–Crippen LogP) is 1.29. The smallest absolute Gasteiger partial charge is 0.324 e. The van der Waals surface area contributed by atoms with Gasteiger partial charge in [0.15, 0.2) is 5.92 Å². The molecule has 0 saturated heterocycles. The molecule has 0 fully saturated rings. The Morgan fingerprint density at radius 2 is 1.82 bits per heavy atom. The van der Waals surface area contributed by atoms with Gasteiger partial charge in [-0.05, 0) is 25.5 Å². The third-order valence-electron chi connectivity index (χ3n) is 2.06. The molecular weight excluding hydrogens is 222 g/mol. The van der Waals surface area contributed by atoms with E-state index in [4.69, 9.17) is 9.47 Å². The first-order chi connectivity index (χ1) is 8.20. The summed E-state index contributed by atoms with van der Waals surface area (Å²) in [5, 5.41) is 0. The number of esters is 2. The lowest BCUT2D eigenvalue weighted by Crippen LogP contribution is -2.26. The van der Waals surface area contributed by atoms with E-state index in [-0.39, 0.29) is 13.2 Å². The second kappa shape index (κ2) is 6.62. The van der Waals surface area contributed by atoms with Gasteiger partial charge in [-0.3, -0.25) is 14.6 Å². The van der Waals surface area contributed by atoms with Gasteiger partial charge in [-0.2, -0.15) is 0 Å². The Hall–Kier alpha value is -1.91. The zero-order chi connectivity index (χ0) is 12.7. The molecule has 0 aliphatic heterocycles. The standard InChI is InChI=1S/C12H15NO4/c1-3-16-11(14)10(12(15)17-4-2)9-6-5-7-13-8-9/h5-8,10H,3-4H2,1-2H3. The number of carbonyl (C=O) groups is 2. The molecule has 0 atom stereocenters. The Balaban J connectivity index is 2.94. The number of rotatable bonds is 5. The van der Waals surface area contributed by atoms with Crippen molar-refractivity contribution in [3.8, 4) is 0 Å². The first kappa shape index (κ1) is 13.2. The average molecular weight is 237 g/mol.